The number of nitrogens with zero attached hydrogens (tertiary/aromatic N) is 5. The number of hydrogen-bond acceptors (Lipinski definition) is 7. The number of amides is 1. The van der Waals surface area contributed by atoms with Gasteiger partial charge in [-0.3, -0.25) is 14.2 Å². The van der Waals surface area contributed by atoms with Crippen LogP contribution < -0.4 is 15.6 Å². The fourth-order valence-electron chi connectivity index (χ4n) is 3.86. The second-order valence-corrected chi connectivity index (χ2v) is 8.02. The molecular formula is C23H19ClN6O4. The van der Waals surface area contributed by atoms with Crippen molar-refractivity contribution < 1.29 is 14.1 Å². The number of methoxy groups -OCH3 is 1. The van der Waals surface area contributed by atoms with Gasteiger partial charge in [0.2, 0.25) is 11.8 Å². The quantitative estimate of drug-likeness (QED) is 0.397. The Kier molecular flexibility index (Phi) is 5.50. The maximum atomic E-state index is 13.4. The molecule has 3 heterocycles. The lowest BCUT2D eigenvalue weighted by Crippen LogP contribution is -2.25. The maximum Gasteiger partial charge on any atom is 0.278 e. The van der Waals surface area contributed by atoms with Gasteiger partial charge in [0.15, 0.2) is 5.82 Å². The number of nitrogens with one attached hydrogen (secondary N) is 1. The monoisotopic (exact) mass is 478 g/mol. The molecular weight excluding hydrogens is 460 g/mol. The van der Waals surface area contributed by atoms with Crippen LogP contribution in [0.3, 0.4) is 0 Å². The SMILES string of the molecule is COc1ccc(NC(=O)Cn2c3ccccc3c3ncn(Cc4nc(C)no4)c(=O)c32)cc1Cl. The van der Waals surface area contributed by atoms with E-state index in [0.29, 0.717) is 33.3 Å². The van der Waals surface area contributed by atoms with Crippen molar-refractivity contribution in [2.75, 3.05) is 12.4 Å². The predicted octanol–water partition coefficient (Wildman–Crippen LogP) is 3.39. The van der Waals surface area contributed by atoms with E-state index in [-0.39, 0.29) is 30.4 Å². The summed E-state index contributed by atoms with van der Waals surface area (Å²) < 4.78 is 13.3. The van der Waals surface area contributed by atoms with E-state index in [1.807, 2.05) is 24.3 Å². The molecule has 1 amide bonds. The summed E-state index contributed by atoms with van der Waals surface area (Å²) in [5.41, 5.74) is 1.73. The first-order valence-corrected chi connectivity index (χ1v) is 10.7. The highest BCUT2D eigenvalue weighted by molar-refractivity contribution is 6.32. The Bertz CT molecular complexity index is 1600. The molecule has 0 radical (unpaired) electrons. The summed E-state index contributed by atoms with van der Waals surface area (Å²) in [6.07, 6.45) is 1.44. The van der Waals surface area contributed by atoms with Crippen LogP contribution in [0.1, 0.15) is 11.7 Å². The molecule has 1 N–H and O–H groups in total. The fourth-order valence-corrected chi connectivity index (χ4v) is 4.12. The molecule has 0 saturated heterocycles. The molecule has 2 aromatic carbocycles. The van der Waals surface area contributed by atoms with Crippen LogP contribution in [-0.4, -0.2) is 37.3 Å². The van der Waals surface area contributed by atoms with Crippen LogP contribution in [0.2, 0.25) is 5.02 Å². The summed E-state index contributed by atoms with van der Waals surface area (Å²) in [5, 5.41) is 7.72. The van der Waals surface area contributed by atoms with Crippen molar-refractivity contribution in [3.05, 3.63) is 75.9 Å². The molecule has 0 fully saturated rings. The molecule has 3 aromatic heterocycles. The number of ether oxygens (including phenoxy) is 1. The second-order valence-electron chi connectivity index (χ2n) is 7.61. The van der Waals surface area contributed by atoms with Crippen molar-refractivity contribution in [1.29, 1.82) is 0 Å². The Morgan fingerprint density at radius 3 is 2.79 bits per heavy atom. The van der Waals surface area contributed by atoms with E-state index in [9.17, 15) is 9.59 Å². The van der Waals surface area contributed by atoms with E-state index < -0.39 is 0 Å². The molecule has 5 rings (SSSR count). The lowest BCUT2D eigenvalue weighted by molar-refractivity contribution is -0.116. The minimum atomic E-state index is -0.328. The minimum Gasteiger partial charge on any atom is -0.495 e. The molecule has 0 aliphatic heterocycles. The van der Waals surface area contributed by atoms with E-state index in [2.05, 4.69) is 20.4 Å². The lowest BCUT2D eigenvalue weighted by Gasteiger charge is -2.10. The Morgan fingerprint density at radius 2 is 2.06 bits per heavy atom. The van der Waals surface area contributed by atoms with E-state index in [0.717, 1.165) is 10.9 Å². The normalized spacial score (nSPS) is 11.3. The molecule has 11 heteroatoms. The summed E-state index contributed by atoms with van der Waals surface area (Å²) in [4.78, 5) is 35.0. The van der Waals surface area contributed by atoms with E-state index >= 15 is 0 Å². The van der Waals surface area contributed by atoms with Crippen LogP contribution in [0.4, 0.5) is 5.69 Å². The number of benzene rings is 2. The molecule has 34 heavy (non-hydrogen) atoms. The Labute approximate surface area is 197 Å². The number of aromatic nitrogens is 5. The maximum absolute atomic E-state index is 13.4. The Hall–Kier alpha value is -4.18. The molecule has 0 spiro atoms. The zero-order chi connectivity index (χ0) is 23.8. The molecule has 5 aromatic rings. The average molecular weight is 479 g/mol. The molecule has 10 nitrogen and oxygen atoms in total. The van der Waals surface area contributed by atoms with Gasteiger partial charge in [-0.15, -0.1) is 0 Å². The molecule has 0 aliphatic carbocycles. The number of fused-ring (bicyclic) bond motifs is 3. The van der Waals surface area contributed by atoms with Crippen LogP contribution in [0, 0.1) is 6.92 Å². The van der Waals surface area contributed by atoms with Crippen molar-refractivity contribution in [1.82, 2.24) is 24.3 Å². The summed E-state index contributed by atoms with van der Waals surface area (Å²) >= 11 is 6.17. The average Bonchev–Trinajstić information content (AvgIpc) is 3.37. The largest absolute Gasteiger partial charge is 0.495 e. The first kappa shape index (κ1) is 21.7. The smallest absolute Gasteiger partial charge is 0.278 e. The van der Waals surface area contributed by atoms with Crippen LogP contribution in [-0.2, 0) is 17.9 Å². The van der Waals surface area contributed by atoms with Gasteiger partial charge in [-0.25, -0.2) is 4.98 Å². The van der Waals surface area contributed by atoms with E-state index in [1.165, 1.54) is 18.0 Å². The minimum absolute atomic E-state index is 0.0701. The molecule has 0 unspecified atom stereocenters. The van der Waals surface area contributed by atoms with Gasteiger partial charge in [0.1, 0.15) is 29.9 Å². The first-order valence-electron chi connectivity index (χ1n) is 10.3. The standard InChI is InChI=1S/C23H19ClN6O4/c1-13-26-20(34-28-13)11-29-12-25-21-15-5-3-4-6-17(15)30(22(21)23(29)32)10-19(31)27-14-7-8-18(33-2)16(24)9-14/h3-9,12H,10-11H2,1-2H3,(H,27,31). The predicted molar refractivity (Wildman–Crippen MR) is 126 cm³/mol. The van der Waals surface area contributed by atoms with Crippen molar-refractivity contribution in [3.63, 3.8) is 0 Å². The number of aryl methyl sites for hydroxylation is 1. The molecule has 0 atom stereocenters. The highest BCUT2D eigenvalue weighted by Crippen LogP contribution is 2.28. The van der Waals surface area contributed by atoms with Gasteiger partial charge in [-0.1, -0.05) is 35.0 Å². The highest BCUT2D eigenvalue weighted by Gasteiger charge is 2.19. The van der Waals surface area contributed by atoms with Gasteiger partial charge in [-0.05, 0) is 31.2 Å². The third kappa shape index (κ3) is 3.88. The van der Waals surface area contributed by atoms with Gasteiger partial charge in [-0.2, -0.15) is 4.98 Å². The van der Waals surface area contributed by atoms with Crippen molar-refractivity contribution in [3.8, 4) is 5.75 Å². The third-order valence-corrected chi connectivity index (χ3v) is 5.64. The van der Waals surface area contributed by atoms with E-state index in [4.69, 9.17) is 20.9 Å². The summed E-state index contributed by atoms with van der Waals surface area (Å²) in [6.45, 7) is 1.67. The summed E-state index contributed by atoms with van der Waals surface area (Å²) in [7, 11) is 1.52. The topological polar surface area (TPSA) is 117 Å². The van der Waals surface area contributed by atoms with E-state index in [1.54, 1.807) is 29.7 Å². The molecule has 0 saturated carbocycles. The number of carbonyl (C=O) groups excluding carboxylic acids is 1. The number of halogens is 1. The van der Waals surface area contributed by atoms with Crippen LogP contribution in [0.15, 0.2) is 58.1 Å². The van der Waals surface area contributed by atoms with Gasteiger partial charge in [0.05, 0.1) is 24.0 Å². The number of carbonyl (C=O) groups is 1. The van der Waals surface area contributed by atoms with Crippen LogP contribution in [0.25, 0.3) is 21.9 Å². The third-order valence-electron chi connectivity index (χ3n) is 5.35. The van der Waals surface area contributed by atoms with Gasteiger partial charge >= 0.3 is 0 Å². The number of hydrogen-bond donors (Lipinski definition) is 1. The lowest BCUT2D eigenvalue weighted by atomic mass is 10.2. The van der Waals surface area contributed by atoms with Crippen molar-refractivity contribution >= 4 is 45.1 Å². The first-order chi connectivity index (χ1) is 16.4. The second kappa shape index (κ2) is 8.64. The highest BCUT2D eigenvalue weighted by atomic mass is 35.5. The Balaban J connectivity index is 1.54. The number of para-hydroxylation sites is 1. The van der Waals surface area contributed by atoms with Crippen LogP contribution in [0.5, 0.6) is 5.75 Å². The molecule has 0 aliphatic rings. The zero-order valence-electron chi connectivity index (χ0n) is 18.3. The van der Waals surface area contributed by atoms with Gasteiger partial charge in [0.25, 0.3) is 5.56 Å². The van der Waals surface area contributed by atoms with Crippen molar-refractivity contribution in [2.24, 2.45) is 0 Å². The van der Waals surface area contributed by atoms with Gasteiger partial charge in [0, 0.05) is 11.1 Å². The molecule has 172 valence electrons. The number of rotatable bonds is 6. The van der Waals surface area contributed by atoms with Crippen molar-refractivity contribution in [2.45, 2.75) is 20.0 Å². The van der Waals surface area contributed by atoms with Gasteiger partial charge < -0.3 is 19.1 Å². The Morgan fingerprint density at radius 1 is 1.24 bits per heavy atom. The zero-order valence-corrected chi connectivity index (χ0v) is 19.0. The summed E-state index contributed by atoms with van der Waals surface area (Å²) in [6, 6.07) is 12.4. The van der Waals surface area contributed by atoms with Crippen LogP contribution >= 0.6 is 11.6 Å². The summed E-state index contributed by atoms with van der Waals surface area (Å²) in [5.74, 6) is 0.940. The fraction of sp³-hybridized carbons (Fsp3) is 0.174. The number of anilines is 1. The molecule has 0 bridgehead atoms.